The second-order valence-electron chi connectivity index (χ2n) is 6.20. The standard InChI is InChI=1S/C19H19NO5/c1-2-11-7-13(16(22)10-15(11)21)14-9-19(23)20(14)12-3-4-17-18(8-12)25-6-5-24-17/h3-4,7-8,10,14,21-22H,2,5-6,9H2,1H3/t14-/m0/s1. The number of anilines is 1. The van der Waals surface area contributed by atoms with E-state index in [9.17, 15) is 15.0 Å². The second-order valence-corrected chi connectivity index (χ2v) is 6.20. The van der Waals surface area contributed by atoms with Crippen LogP contribution < -0.4 is 14.4 Å². The maximum atomic E-state index is 12.2. The van der Waals surface area contributed by atoms with Crippen molar-refractivity contribution in [2.24, 2.45) is 0 Å². The summed E-state index contributed by atoms with van der Waals surface area (Å²) in [5, 5.41) is 20.1. The molecule has 2 aromatic rings. The van der Waals surface area contributed by atoms with Crippen molar-refractivity contribution in [3.8, 4) is 23.0 Å². The first kappa shape index (κ1) is 15.6. The van der Waals surface area contributed by atoms with Gasteiger partial charge in [0, 0.05) is 23.4 Å². The van der Waals surface area contributed by atoms with E-state index in [-0.39, 0.29) is 23.4 Å². The predicted molar refractivity (Wildman–Crippen MR) is 91.4 cm³/mol. The number of fused-ring (bicyclic) bond motifs is 1. The molecule has 2 heterocycles. The number of aromatic hydroxyl groups is 2. The molecule has 1 fully saturated rings. The summed E-state index contributed by atoms with van der Waals surface area (Å²) in [6, 6.07) is 8.25. The van der Waals surface area contributed by atoms with E-state index < -0.39 is 0 Å². The maximum Gasteiger partial charge on any atom is 0.230 e. The minimum Gasteiger partial charge on any atom is -0.508 e. The first-order valence-electron chi connectivity index (χ1n) is 8.35. The van der Waals surface area contributed by atoms with Gasteiger partial charge in [0.05, 0.1) is 12.5 Å². The van der Waals surface area contributed by atoms with Crippen molar-refractivity contribution >= 4 is 11.6 Å². The van der Waals surface area contributed by atoms with Gasteiger partial charge in [-0.25, -0.2) is 0 Å². The van der Waals surface area contributed by atoms with E-state index in [4.69, 9.17) is 9.47 Å². The molecule has 1 saturated heterocycles. The number of phenolic OH excluding ortho intramolecular Hbond substituents is 2. The molecule has 1 amide bonds. The van der Waals surface area contributed by atoms with Crippen LogP contribution in [0.4, 0.5) is 5.69 Å². The highest BCUT2D eigenvalue weighted by atomic mass is 16.6. The van der Waals surface area contributed by atoms with E-state index in [2.05, 4.69) is 0 Å². The summed E-state index contributed by atoms with van der Waals surface area (Å²) < 4.78 is 11.1. The smallest absolute Gasteiger partial charge is 0.230 e. The lowest BCUT2D eigenvalue weighted by molar-refractivity contribution is -0.124. The van der Waals surface area contributed by atoms with E-state index in [1.165, 1.54) is 6.07 Å². The van der Waals surface area contributed by atoms with E-state index in [0.717, 1.165) is 5.56 Å². The Hall–Kier alpha value is -2.89. The largest absolute Gasteiger partial charge is 0.508 e. The predicted octanol–water partition coefficient (Wildman–Crippen LogP) is 2.91. The third-order valence-electron chi connectivity index (χ3n) is 4.72. The Balaban J connectivity index is 1.70. The summed E-state index contributed by atoms with van der Waals surface area (Å²) in [7, 11) is 0. The molecule has 0 radical (unpaired) electrons. The van der Waals surface area contributed by atoms with E-state index in [1.807, 2.05) is 13.0 Å². The molecule has 0 aliphatic carbocycles. The highest BCUT2D eigenvalue weighted by molar-refractivity contribution is 6.01. The van der Waals surface area contributed by atoms with Gasteiger partial charge in [-0.1, -0.05) is 6.92 Å². The fourth-order valence-corrected chi connectivity index (χ4v) is 3.36. The average Bonchev–Trinajstić information content (AvgIpc) is 2.60. The average molecular weight is 341 g/mol. The number of amides is 1. The van der Waals surface area contributed by atoms with Crippen molar-refractivity contribution in [2.75, 3.05) is 18.1 Å². The van der Waals surface area contributed by atoms with Gasteiger partial charge >= 0.3 is 0 Å². The number of β-lactam (4-membered cyclic amide) rings is 1. The number of carbonyl (C=O) groups excluding carboxylic acids is 1. The molecule has 130 valence electrons. The van der Waals surface area contributed by atoms with Gasteiger partial charge in [-0.3, -0.25) is 4.79 Å². The molecule has 1 atom stereocenters. The molecule has 0 bridgehead atoms. The molecule has 6 nitrogen and oxygen atoms in total. The number of carbonyl (C=O) groups is 1. The molecule has 2 aromatic carbocycles. The fraction of sp³-hybridized carbons (Fsp3) is 0.316. The van der Waals surface area contributed by atoms with E-state index in [1.54, 1.807) is 23.1 Å². The number of nitrogens with zero attached hydrogens (tertiary/aromatic N) is 1. The van der Waals surface area contributed by atoms with Crippen LogP contribution in [-0.2, 0) is 11.2 Å². The van der Waals surface area contributed by atoms with Crippen LogP contribution in [0.15, 0.2) is 30.3 Å². The molecule has 0 aromatic heterocycles. The Bertz CT molecular complexity index is 848. The monoisotopic (exact) mass is 341 g/mol. The molecular weight excluding hydrogens is 322 g/mol. The SMILES string of the molecule is CCc1cc([C@@H]2CC(=O)N2c2ccc3c(c2)OCCO3)c(O)cc1O. The van der Waals surface area contributed by atoms with Crippen LogP contribution in [0.3, 0.4) is 0 Å². The number of rotatable bonds is 3. The highest BCUT2D eigenvalue weighted by Crippen LogP contribution is 2.45. The number of aryl methyl sites for hydroxylation is 1. The molecule has 0 saturated carbocycles. The lowest BCUT2D eigenvalue weighted by Crippen LogP contribution is -2.46. The van der Waals surface area contributed by atoms with Crippen molar-refractivity contribution in [3.05, 3.63) is 41.5 Å². The molecular formula is C19H19NO5. The van der Waals surface area contributed by atoms with Gasteiger partial charge in [0.2, 0.25) is 5.91 Å². The third-order valence-corrected chi connectivity index (χ3v) is 4.72. The number of phenols is 2. The Morgan fingerprint density at radius 1 is 1.08 bits per heavy atom. The molecule has 2 N–H and O–H groups in total. The van der Waals surface area contributed by atoms with Crippen LogP contribution in [0.5, 0.6) is 23.0 Å². The Morgan fingerprint density at radius 2 is 1.84 bits per heavy atom. The summed E-state index contributed by atoms with van der Waals surface area (Å²) in [4.78, 5) is 13.9. The zero-order valence-corrected chi connectivity index (χ0v) is 13.9. The number of benzene rings is 2. The van der Waals surface area contributed by atoms with Crippen molar-refractivity contribution in [1.29, 1.82) is 0 Å². The molecule has 0 spiro atoms. The van der Waals surface area contributed by atoms with Gasteiger partial charge in [0.1, 0.15) is 24.7 Å². The number of ether oxygens (including phenoxy) is 2. The van der Waals surface area contributed by atoms with Crippen LogP contribution >= 0.6 is 0 Å². The minimum absolute atomic E-state index is 0.00487. The number of hydrogen-bond acceptors (Lipinski definition) is 5. The molecule has 2 aliphatic heterocycles. The second kappa shape index (κ2) is 5.88. The van der Waals surface area contributed by atoms with Gasteiger partial charge in [-0.2, -0.15) is 0 Å². The summed E-state index contributed by atoms with van der Waals surface area (Å²) in [5.41, 5.74) is 2.09. The van der Waals surface area contributed by atoms with Crippen molar-refractivity contribution in [2.45, 2.75) is 25.8 Å². The van der Waals surface area contributed by atoms with Gasteiger partial charge < -0.3 is 24.6 Å². The van der Waals surface area contributed by atoms with Crippen LogP contribution in [-0.4, -0.2) is 29.3 Å². The fourth-order valence-electron chi connectivity index (χ4n) is 3.36. The minimum atomic E-state index is -0.263. The Labute approximate surface area is 145 Å². The number of hydrogen-bond donors (Lipinski definition) is 2. The lowest BCUT2D eigenvalue weighted by atomic mass is 9.90. The Morgan fingerprint density at radius 3 is 2.56 bits per heavy atom. The molecule has 25 heavy (non-hydrogen) atoms. The molecule has 2 aliphatic rings. The summed E-state index contributed by atoms with van der Waals surface area (Å²) in [6.07, 6.45) is 0.958. The first-order chi connectivity index (χ1) is 12.1. The highest BCUT2D eigenvalue weighted by Gasteiger charge is 2.40. The van der Waals surface area contributed by atoms with Crippen LogP contribution in [0, 0.1) is 0 Å². The summed E-state index contributed by atoms with van der Waals surface area (Å²) in [5.74, 6) is 1.33. The van der Waals surface area contributed by atoms with Crippen molar-refractivity contribution in [3.63, 3.8) is 0 Å². The van der Waals surface area contributed by atoms with Crippen molar-refractivity contribution in [1.82, 2.24) is 0 Å². The first-order valence-corrected chi connectivity index (χ1v) is 8.35. The van der Waals surface area contributed by atoms with Crippen LogP contribution in [0.2, 0.25) is 0 Å². The Kier molecular flexibility index (Phi) is 3.67. The summed E-state index contributed by atoms with van der Waals surface area (Å²) in [6.45, 7) is 2.92. The van der Waals surface area contributed by atoms with E-state index >= 15 is 0 Å². The normalized spacial score (nSPS) is 18.8. The van der Waals surface area contributed by atoms with Crippen LogP contribution in [0.25, 0.3) is 0 Å². The molecule has 4 rings (SSSR count). The van der Waals surface area contributed by atoms with Crippen LogP contribution in [0.1, 0.15) is 30.5 Å². The van der Waals surface area contributed by atoms with E-state index in [0.29, 0.717) is 48.8 Å². The molecule has 0 unspecified atom stereocenters. The zero-order chi connectivity index (χ0) is 17.6. The maximum absolute atomic E-state index is 12.2. The lowest BCUT2D eigenvalue weighted by Gasteiger charge is -2.41. The van der Waals surface area contributed by atoms with Gasteiger partial charge in [-0.05, 0) is 30.2 Å². The summed E-state index contributed by atoms with van der Waals surface area (Å²) >= 11 is 0. The molecule has 6 heteroatoms. The topological polar surface area (TPSA) is 79.2 Å². The van der Waals surface area contributed by atoms with Gasteiger partial charge in [-0.15, -0.1) is 0 Å². The van der Waals surface area contributed by atoms with Gasteiger partial charge in [0.25, 0.3) is 0 Å². The zero-order valence-electron chi connectivity index (χ0n) is 13.9. The third kappa shape index (κ3) is 2.54. The van der Waals surface area contributed by atoms with Gasteiger partial charge in [0.15, 0.2) is 11.5 Å². The van der Waals surface area contributed by atoms with Crippen molar-refractivity contribution < 1.29 is 24.5 Å². The quantitative estimate of drug-likeness (QED) is 0.839.